The number of fused-ring (bicyclic) bond motifs is 1. The molecular weight excluding hydrogens is 190 g/mol. The first-order chi connectivity index (χ1) is 7.22. The van der Waals surface area contributed by atoms with Gasteiger partial charge in [-0.1, -0.05) is 12.1 Å². The van der Waals surface area contributed by atoms with Crippen molar-refractivity contribution in [1.82, 2.24) is 4.98 Å². The Balaban J connectivity index is 2.78. The van der Waals surface area contributed by atoms with E-state index in [1.54, 1.807) is 6.07 Å². The van der Waals surface area contributed by atoms with Crippen LogP contribution in [0.25, 0.3) is 10.9 Å². The van der Waals surface area contributed by atoms with Gasteiger partial charge in [0.05, 0.1) is 12.1 Å². The molecule has 1 heterocycles. The molecule has 2 rings (SSSR count). The summed E-state index contributed by atoms with van der Waals surface area (Å²) < 4.78 is 5.46. The zero-order chi connectivity index (χ0) is 10.8. The van der Waals surface area contributed by atoms with Crippen LogP contribution in [-0.2, 0) is 0 Å². The minimum absolute atomic E-state index is 0.0906. The first-order valence-corrected chi connectivity index (χ1v) is 4.98. The predicted octanol–water partition coefficient (Wildman–Crippen LogP) is 2.24. The molecule has 0 radical (unpaired) electrons. The first-order valence-electron chi connectivity index (χ1n) is 4.98. The number of ether oxygens (including phenoxy) is 1. The zero-order valence-electron chi connectivity index (χ0n) is 8.83. The topological polar surface area (TPSA) is 42.1 Å². The smallest absolute Gasteiger partial charge is 0.248 e. The average Bonchev–Trinajstić information content (AvgIpc) is 2.19. The Labute approximate surface area is 87.7 Å². The van der Waals surface area contributed by atoms with Crippen LogP contribution < -0.4 is 10.3 Å². The van der Waals surface area contributed by atoms with E-state index >= 15 is 0 Å². The van der Waals surface area contributed by atoms with Crippen LogP contribution in [0.4, 0.5) is 0 Å². The Kier molecular flexibility index (Phi) is 2.46. The number of aromatic nitrogens is 1. The van der Waals surface area contributed by atoms with Crippen molar-refractivity contribution in [2.45, 2.75) is 13.8 Å². The van der Waals surface area contributed by atoms with Crippen LogP contribution in [0.5, 0.6) is 5.75 Å². The minimum atomic E-state index is -0.0906. The summed E-state index contributed by atoms with van der Waals surface area (Å²) in [6.45, 7) is 4.44. The molecular formula is C12H13NO2. The van der Waals surface area contributed by atoms with Gasteiger partial charge in [-0.15, -0.1) is 0 Å². The molecule has 0 amide bonds. The first kappa shape index (κ1) is 9.77. The lowest BCUT2D eigenvalue weighted by Crippen LogP contribution is -2.06. The Hall–Kier alpha value is -1.77. The van der Waals surface area contributed by atoms with Gasteiger partial charge in [-0.05, 0) is 25.5 Å². The van der Waals surface area contributed by atoms with Crippen molar-refractivity contribution < 1.29 is 4.74 Å². The summed E-state index contributed by atoms with van der Waals surface area (Å²) >= 11 is 0. The van der Waals surface area contributed by atoms with E-state index in [-0.39, 0.29) is 5.56 Å². The summed E-state index contributed by atoms with van der Waals surface area (Å²) in [6, 6.07) is 7.36. The molecule has 0 saturated carbocycles. The van der Waals surface area contributed by atoms with Crippen LogP contribution >= 0.6 is 0 Å². The number of aryl methyl sites for hydroxylation is 1. The van der Waals surface area contributed by atoms with Crippen molar-refractivity contribution in [2.24, 2.45) is 0 Å². The van der Waals surface area contributed by atoms with Gasteiger partial charge in [0.25, 0.3) is 0 Å². The maximum absolute atomic E-state index is 11.3. The fraction of sp³-hybridized carbons (Fsp3) is 0.250. The van der Waals surface area contributed by atoms with Gasteiger partial charge in [0.15, 0.2) is 0 Å². The van der Waals surface area contributed by atoms with Crippen molar-refractivity contribution in [1.29, 1.82) is 0 Å². The van der Waals surface area contributed by atoms with Gasteiger partial charge in [0, 0.05) is 11.5 Å². The third kappa shape index (κ3) is 1.73. The second-order valence-corrected chi connectivity index (χ2v) is 3.43. The molecule has 2 aromatic rings. The van der Waals surface area contributed by atoms with Crippen LogP contribution in [0.15, 0.2) is 29.1 Å². The number of hydrogen-bond donors (Lipinski definition) is 1. The molecule has 0 unspecified atom stereocenters. The summed E-state index contributed by atoms with van der Waals surface area (Å²) in [5, 5.41) is 1.03. The van der Waals surface area contributed by atoms with Crippen LogP contribution in [-0.4, -0.2) is 11.6 Å². The fourth-order valence-corrected chi connectivity index (χ4v) is 1.70. The number of pyridine rings is 1. The Morgan fingerprint density at radius 3 is 2.93 bits per heavy atom. The molecule has 78 valence electrons. The number of para-hydroxylation sites is 1. The van der Waals surface area contributed by atoms with Crippen LogP contribution in [0.1, 0.15) is 12.5 Å². The number of aromatic amines is 1. The summed E-state index contributed by atoms with van der Waals surface area (Å²) in [5.41, 5.74) is 1.66. The number of benzene rings is 1. The van der Waals surface area contributed by atoms with E-state index in [4.69, 9.17) is 4.74 Å². The Morgan fingerprint density at radius 2 is 2.20 bits per heavy atom. The molecule has 0 spiro atoms. The van der Waals surface area contributed by atoms with Gasteiger partial charge in [-0.25, -0.2) is 0 Å². The van der Waals surface area contributed by atoms with Crippen molar-refractivity contribution in [3.8, 4) is 5.75 Å². The molecule has 15 heavy (non-hydrogen) atoms. The highest BCUT2D eigenvalue weighted by molar-refractivity contribution is 5.86. The van der Waals surface area contributed by atoms with Gasteiger partial charge in [-0.2, -0.15) is 0 Å². The van der Waals surface area contributed by atoms with E-state index in [9.17, 15) is 4.79 Å². The average molecular weight is 203 g/mol. The number of hydrogen-bond acceptors (Lipinski definition) is 2. The van der Waals surface area contributed by atoms with Crippen LogP contribution in [0, 0.1) is 6.92 Å². The minimum Gasteiger partial charge on any atom is -0.492 e. The van der Waals surface area contributed by atoms with E-state index in [1.165, 1.54) is 0 Å². The van der Waals surface area contributed by atoms with Gasteiger partial charge < -0.3 is 9.72 Å². The number of rotatable bonds is 2. The molecule has 1 N–H and O–H groups in total. The van der Waals surface area contributed by atoms with Crippen molar-refractivity contribution in [2.75, 3.05) is 6.61 Å². The third-order valence-corrected chi connectivity index (χ3v) is 2.35. The highest BCUT2D eigenvalue weighted by atomic mass is 16.5. The van der Waals surface area contributed by atoms with Gasteiger partial charge >= 0.3 is 0 Å². The molecule has 1 aromatic heterocycles. The van der Waals surface area contributed by atoms with Crippen molar-refractivity contribution in [3.63, 3.8) is 0 Å². The van der Waals surface area contributed by atoms with E-state index in [1.807, 2.05) is 32.0 Å². The van der Waals surface area contributed by atoms with Crippen LogP contribution in [0.3, 0.4) is 0 Å². The molecule has 0 aliphatic rings. The van der Waals surface area contributed by atoms with E-state index in [0.717, 1.165) is 22.2 Å². The predicted molar refractivity (Wildman–Crippen MR) is 60.5 cm³/mol. The standard InChI is InChI=1S/C12H13NO2/c1-3-15-10-6-4-5-9-8(2)7-11(14)13-12(9)10/h4-7H,3H2,1-2H3,(H,13,14). The van der Waals surface area contributed by atoms with E-state index in [0.29, 0.717) is 6.61 Å². The molecule has 0 aliphatic heterocycles. The lowest BCUT2D eigenvalue weighted by Gasteiger charge is -2.08. The fourth-order valence-electron chi connectivity index (χ4n) is 1.70. The molecule has 0 aliphatic carbocycles. The highest BCUT2D eigenvalue weighted by Gasteiger charge is 2.04. The van der Waals surface area contributed by atoms with Crippen molar-refractivity contribution >= 4 is 10.9 Å². The van der Waals surface area contributed by atoms with Crippen molar-refractivity contribution in [3.05, 3.63) is 40.2 Å². The monoisotopic (exact) mass is 203 g/mol. The molecule has 0 fully saturated rings. The Morgan fingerprint density at radius 1 is 1.40 bits per heavy atom. The van der Waals surface area contributed by atoms with E-state index < -0.39 is 0 Å². The van der Waals surface area contributed by atoms with Crippen LogP contribution in [0.2, 0.25) is 0 Å². The van der Waals surface area contributed by atoms with E-state index in [2.05, 4.69) is 4.98 Å². The normalized spacial score (nSPS) is 10.5. The highest BCUT2D eigenvalue weighted by Crippen LogP contribution is 2.24. The molecule has 3 heteroatoms. The molecule has 1 aromatic carbocycles. The van der Waals surface area contributed by atoms with Gasteiger partial charge in [0.2, 0.25) is 5.56 Å². The van der Waals surface area contributed by atoms with Gasteiger partial charge in [-0.3, -0.25) is 4.79 Å². The largest absolute Gasteiger partial charge is 0.492 e. The maximum atomic E-state index is 11.3. The summed E-state index contributed by atoms with van der Waals surface area (Å²) in [5.74, 6) is 0.732. The molecule has 0 bridgehead atoms. The summed E-state index contributed by atoms with van der Waals surface area (Å²) in [4.78, 5) is 14.2. The molecule has 0 atom stereocenters. The molecule has 3 nitrogen and oxygen atoms in total. The summed E-state index contributed by atoms with van der Waals surface area (Å²) in [6.07, 6.45) is 0. The second kappa shape index (κ2) is 3.77. The quantitative estimate of drug-likeness (QED) is 0.813. The SMILES string of the molecule is CCOc1cccc2c(C)cc(=O)[nH]c12. The van der Waals surface area contributed by atoms with Gasteiger partial charge in [0.1, 0.15) is 5.75 Å². The maximum Gasteiger partial charge on any atom is 0.248 e. The number of nitrogens with one attached hydrogen (secondary N) is 1. The summed E-state index contributed by atoms with van der Waals surface area (Å²) in [7, 11) is 0. The lowest BCUT2D eigenvalue weighted by molar-refractivity contribution is 0.343. The second-order valence-electron chi connectivity index (χ2n) is 3.43. The lowest BCUT2D eigenvalue weighted by atomic mass is 10.1. The number of H-pyrrole nitrogens is 1. The Bertz CT molecular complexity index is 543. The third-order valence-electron chi connectivity index (χ3n) is 2.35. The molecule has 0 saturated heterocycles. The zero-order valence-corrected chi connectivity index (χ0v) is 8.83.